The van der Waals surface area contributed by atoms with Crippen molar-refractivity contribution in [3.8, 4) is 0 Å². The van der Waals surface area contributed by atoms with E-state index in [4.69, 9.17) is 0 Å². The number of benzene rings is 2. The van der Waals surface area contributed by atoms with Crippen LogP contribution >= 0.6 is 0 Å². The van der Waals surface area contributed by atoms with Gasteiger partial charge in [-0.15, -0.1) is 0 Å². The van der Waals surface area contributed by atoms with Crippen molar-refractivity contribution in [3.63, 3.8) is 0 Å². The van der Waals surface area contributed by atoms with Crippen LogP contribution in [0.4, 0.5) is 26.3 Å². The van der Waals surface area contributed by atoms with Gasteiger partial charge in [-0.3, -0.25) is 29.8 Å². The molecule has 0 aliphatic heterocycles. The van der Waals surface area contributed by atoms with Gasteiger partial charge in [-0.25, -0.2) is 26.3 Å². The maximum Gasteiger partial charge on any atom is 0.360 e. The lowest BCUT2D eigenvalue weighted by Gasteiger charge is -2.13. The van der Waals surface area contributed by atoms with E-state index in [0.29, 0.717) is 24.3 Å². The highest BCUT2D eigenvalue weighted by Crippen LogP contribution is 2.20. The molecule has 2 rings (SSSR count). The van der Waals surface area contributed by atoms with Crippen molar-refractivity contribution in [2.75, 3.05) is 0 Å². The summed E-state index contributed by atoms with van der Waals surface area (Å²) in [6.45, 7) is 0. The number of carbonyl (C=O) groups excluding carboxylic acids is 2. The average Bonchev–Trinajstić information content (AvgIpc) is 2.77. The number of halogens is 6. The Hall–Kier alpha value is -4.24. The largest absolute Gasteiger partial charge is 0.397 e. The van der Waals surface area contributed by atoms with E-state index in [0.717, 1.165) is 0 Å². The molecule has 188 valence electrons. The van der Waals surface area contributed by atoms with Crippen molar-refractivity contribution in [1.29, 1.82) is 0 Å². The summed E-state index contributed by atoms with van der Waals surface area (Å²) in [6.07, 6.45) is -9.06. The van der Waals surface area contributed by atoms with Gasteiger partial charge in [-0.05, 0) is 24.3 Å². The summed E-state index contributed by atoms with van der Waals surface area (Å²) in [5.41, 5.74) is -2.26. The van der Waals surface area contributed by atoms with E-state index < -0.39 is 99.5 Å². The number of rotatable bonds is 10. The molecule has 2 aromatic rings. The quantitative estimate of drug-likeness (QED) is 0.0905. The standard InChI is InChI=1S/C19H12F6N2O8/c20-10-1-3-12(22)18(24)8(10)5-14(26(30)31)34-16(28)7-17(29)35-15(27(32)33)6-9-11(21)2-4-13(23)19(9)25/h1-4,14-15H,5-7H2/t14-,15-/m1/s1. The Bertz CT molecular complexity index is 1090. The van der Waals surface area contributed by atoms with Crippen LogP contribution in [0.3, 0.4) is 0 Å². The predicted molar refractivity (Wildman–Crippen MR) is 98.4 cm³/mol. The third-order valence-corrected chi connectivity index (χ3v) is 4.33. The number of carbonyl (C=O) groups is 2. The molecule has 0 unspecified atom stereocenters. The monoisotopic (exact) mass is 510 g/mol. The summed E-state index contributed by atoms with van der Waals surface area (Å²) in [5, 5.41) is 22.2. The van der Waals surface area contributed by atoms with Crippen LogP contribution in [0, 0.1) is 55.1 Å². The maximum absolute atomic E-state index is 13.7. The fourth-order valence-electron chi connectivity index (χ4n) is 2.68. The van der Waals surface area contributed by atoms with E-state index in [1.54, 1.807) is 0 Å². The van der Waals surface area contributed by atoms with Crippen molar-refractivity contribution in [2.45, 2.75) is 31.7 Å². The molecule has 0 fully saturated rings. The van der Waals surface area contributed by atoms with Crippen LogP contribution in [0.2, 0.25) is 0 Å². The average molecular weight is 510 g/mol. The molecule has 10 nitrogen and oxygen atoms in total. The summed E-state index contributed by atoms with van der Waals surface area (Å²) in [6, 6.07) is 1.74. The first-order valence-electron chi connectivity index (χ1n) is 9.22. The van der Waals surface area contributed by atoms with E-state index in [9.17, 15) is 56.2 Å². The number of hydrogen-bond acceptors (Lipinski definition) is 8. The molecule has 0 aliphatic carbocycles. The number of ether oxygens (including phenoxy) is 2. The topological polar surface area (TPSA) is 139 Å². The highest BCUT2D eigenvalue weighted by Gasteiger charge is 2.33. The molecule has 0 radical (unpaired) electrons. The van der Waals surface area contributed by atoms with Gasteiger partial charge in [0.25, 0.3) is 0 Å². The minimum absolute atomic E-state index is 0.407. The zero-order valence-corrected chi connectivity index (χ0v) is 17.0. The van der Waals surface area contributed by atoms with Gasteiger partial charge in [0.2, 0.25) is 0 Å². The van der Waals surface area contributed by atoms with E-state index in [2.05, 4.69) is 9.47 Å². The molecule has 2 atom stereocenters. The number of hydrogen-bond donors (Lipinski definition) is 0. The Morgan fingerprint density at radius 1 is 0.686 bits per heavy atom. The van der Waals surface area contributed by atoms with E-state index in [1.165, 1.54) is 0 Å². The SMILES string of the molecule is O=C(CC(=O)O[C@H](Cc1c(F)ccc(F)c1F)[N+](=O)[O-])O[C@H](Cc1c(F)ccc(F)c1F)[N+](=O)[O-]. The molecule has 0 aliphatic rings. The molecule has 0 bridgehead atoms. The third-order valence-electron chi connectivity index (χ3n) is 4.33. The summed E-state index contributed by atoms with van der Waals surface area (Å²) in [7, 11) is 0. The van der Waals surface area contributed by atoms with E-state index in [1.807, 2.05) is 0 Å². The Kier molecular flexibility index (Phi) is 8.69. The lowest BCUT2D eigenvalue weighted by molar-refractivity contribution is -0.568. The zero-order chi connectivity index (χ0) is 26.4. The van der Waals surface area contributed by atoms with Crippen LogP contribution in [0.5, 0.6) is 0 Å². The van der Waals surface area contributed by atoms with Gasteiger partial charge >= 0.3 is 24.4 Å². The van der Waals surface area contributed by atoms with Crippen LogP contribution in [0.15, 0.2) is 24.3 Å². The fraction of sp³-hybridized carbons (Fsp3) is 0.263. The van der Waals surface area contributed by atoms with Crippen molar-refractivity contribution in [2.24, 2.45) is 0 Å². The minimum Gasteiger partial charge on any atom is -0.397 e. The van der Waals surface area contributed by atoms with Crippen molar-refractivity contribution in [3.05, 3.63) is 90.5 Å². The highest BCUT2D eigenvalue weighted by atomic mass is 19.2. The third kappa shape index (κ3) is 6.87. The molecule has 0 spiro atoms. The second-order valence-electron chi connectivity index (χ2n) is 6.69. The van der Waals surface area contributed by atoms with Crippen LogP contribution < -0.4 is 0 Å². The first-order valence-corrected chi connectivity index (χ1v) is 9.22. The van der Waals surface area contributed by atoms with Crippen LogP contribution in [0.1, 0.15) is 17.5 Å². The lowest BCUT2D eigenvalue weighted by Crippen LogP contribution is -2.33. The number of nitrogens with zero attached hydrogens (tertiary/aromatic N) is 2. The molecule has 0 aromatic heterocycles. The molecule has 0 saturated carbocycles. The molecule has 0 heterocycles. The molecule has 0 N–H and O–H groups in total. The lowest BCUT2D eigenvalue weighted by atomic mass is 10.1. The first kappa shape index (κ1) is 27.0. The number of esters is 2. The summed E-state index contributed by atoms with van der Waals surface area (Å²) >= 11 is 0. The summed E-state index contributed by atoms with van der Waals surface area (Å²) in [4.78, 5) is 43.2. The second-order valence-corrected chi connectivity index (χ2v) is 6.69. The van der Waals surface area contributed by atoms with Gasteiger partial charge in [0.15, 0.2) is 23.3 Å². The normalized spacial score (nSPS) is 12.5. The Balaban J connectivity index is 2.07. The van der Waals surface area contributed by atoms with Crippen LogP contribution in [0.25, 0.3) is 0 Å². The van der Waals surface area contributed by atoms with Gasteiger partial charge in [0.05, 0.1) is 22.7 Å². The van der Waals surface area contributed by atoms with E-state index >= 15 is 0 Å². The van der Waals surface area contributed by atoms with Crippen molar-refractivity contribution in [1.82, 2.24) is 0 Å². The summed E-state index contributed by atoms with van der Waals surface area (Å²) < 4.78 is 90.0. The molecule has 2 aromatic carbocycles. The van der Waals surface area contributed by atoms with Crippen LogP contribution in [-0.4, -0.2) is 34.2 Å². The van der Waals surface area contributed by atoms with Gasteiger partial charge in [0.1, 0.15) is 18.1 Å². The molecular weight excluding hydrogens is 498 g/mol. The Morgan fingerprint density at radius 3 is 1.31 bits per heavy atom. The maximum atomic E-state index is 13.7. The molecule has 0 saturated heterocycles. The molecular formula is C19H12F6N2O8. The molecule has 16 heteroatoms. The zero-order valence-electron chi connectivity index (χ0n) is 17.0. The first-order chi connectivity index (χ1) is 16.3. The molecule has 35 heavy (non-hydrogen) atoms. The molecule has 0 amide bonds. The van der Waals surface area contributed by atoms with Gasteiger partial charge in [-0.2, -0.15) is 0 Å². The Labute approximate surface area is 190 Å². The summed E-state index contributed by atoms with van der Waals surface area (Å²) in [5.74, 6) is -12.9. The van der Waals surface area contributed by atoms with Crippen molar-refractivity contribution < 1.29 is 55.3 Å². The predicted octanol–water partition coefficient (Wildman–Crippen LogP) is 2.99. The number of nitro groups is 2. The minimum atomic E-state index is -2.50. The van der Waals surface area contributed by atoms with E-state index in [-0.39, 0.29) is 0 Å². The highest BCUT2D eigenvalue weighted by molar-refractivity contribution is 5.91. The van der Waals surface area contributed by atoms with Gasteiger partial charge in [-0.1, -0.05) is 0 Å². The second kappa shape index (κ2) is 11.3. The smallest absolute Gasteiger partial charge is 0.360 e. The van der Waals surface area contributed by atoms with Gasteiger partial charge in [0, 0.05) is 11.1 Å². The van der Waals surface area contributed by atoms with Crippen molar-refractivity contribution >= 4 is 11.9 Å². The Morgan fingerprint density at radius 2 is 1.00 bits per heavy atom. The van der Waals surface area contributed by atoms with Gasteiger partial charge < -0.3 is 9.47 Å². The van der Waals surface area contributed by atoms with Crippen LogP contribution in [-0.2, 0) is 31.9 Å². The fourth-order valence-corrected chi connectivity index (χ4v) is 2.68.